The maximum atomic E-state index is 12.7. The highest BCUT2D eigenvalue weighted by Gasteiger charge is 2.15. The van der Waals surface area contributed by atoms with Crippen LogP contribution in [0.25, 0.3) is 6.08 Å². The van der Waals surface area contributed by atoms with Crippen molar-refractivity contribution in [2.45, 2.75) is 13.5 Å². The van der Waals surface area contributed by atoms with Crippen molar-refractivity contribution in [2.24, 2.45) is 0 Å². The van der Waals surface area contributed by atoms with Crippen molar-refractivity contribution in [1.29, 1.82) is 5.26 Å². The van der Waals surface area contributed by atoms with Gasteiger partial charge < -0.3 is 14.8 Å². The molecule has 0 saturated heterocycles. The molecule has 1 amide bonds. The zero-order valence-electron chi connectivity index (χ0n) is 17.8. The number of nitrogens with zero attached hydrogens (tertiary/aromatic N) is 1. The summed E-state index contributed by atoms with van der Waals surface area (Å²) < 4.78 is 12.0. The molecule has 0 aliphatic carbocycles. The molecule has 3 rings (SSSR count). The number of halogens is 3. The highest BCUT2D eigenvalue weighted by atomic mass is 79.9. The number of anilines is 1. The van der Waals surface area contributed by atoms with E-state index in [4.69, 9.17) is 32.7 Å². The number of carbonyl (C=O) groups excluding carboxylic acids is 1. The average Bonchev–Trinajstić information content (AvgIpc) is 2.80. The van der Waals surface area contributed by atoms with Gasteiger partial charge in [-0.05, 0) is 66.1 Å². The third-order valence-electron chi connectivity index (χ3n) is 4.70. The van der Waals surface area contributed by atoms with Crippen LogP contribution in [-0.4, -0.2) is 13.0 Å². The largest absolute Gasteiger partial charge is 0.493 e. The van der Waals surface area contributed by atoms with E-state index in [0.29, 0.717) is 43.9 Å². The summed E-state index contributed by atoms with van der Waals surface area (Å²) in [5.41, 5.74) is 2.82. The lowest BCUT2D eigenvalue weighted by Crippen LogP contribution is -2.14. The maximum absolute atomic E-state index is 12.7. The summed E-state index contributed by atoms with van der Waals surface area (Å²) in [6.07, 6.45) is 1.48. The second-order valence-corrected chi connectivity index (χ2v) is 8.75. The Morgan fingerprint density at radius 2 is 1.79 bits per heavy atom. The van der Waals surface area contributed by atoms with Crippen LogP contribution in [0.3, 0.4) is 0 Å². The summed E-state index contributed by atoms with van der Waals surface area (Å²) in [5, 5.41) is 13.4. The zero-order chi connectivity index (χ0) is 24.0. The average molecular weight is 546 g/mol. The van der Waals surface area contributed by atoms with Crippen LogP contribution in [0.1, 0.15) is 16.7 Å². The van der Waals surface area contributed by atoms with E-state index in [-0.39, 0.29) is 5.57 Å². The van der Waals surface area contributed by atoms with Gasteiger partial charge >= 0.3 is 0 Å². The Morgan fingerprint density at radius 1 is 1.09 bits per heavy atom. The summed E-state index contributed by atoms with van der Waals surface area (Å²) in [4.78, 5) is 12.7. The fourth-order valence-corrected chi connectivity index (χ4v) is 3.63. The van der Waals surface area contributed by atoms with Crippen molar-refractivity contribution in [2.75, 3.05) is 12.4 Å². The standard InChI is InChI=1S/C25H19BrCl2N2O3/c1-15-3-6-20(28)11-22(15)30-25(31)18(13-29)9-17-10-23(32-2)24(12-21(17)26)33-14-16-4-7-19(27)8-5-16/h3-12H,14H2,1-2H3,(H,30,31)/b18-9+. The minimum absolute atomic E-state index is 0.0769. The number of nitriles is 1. The van der Waals surface area contributed by atoms with Crippen molar-refractivity contribution in [1.82, 2.24) is 0 Å². The van der Waals surface area contributed by atoms with Crippen molar-refractivity contribution in [3.05, 3.63) is 91.4 Å². The second-order valence-electron chi connectivity index (χ2n) is 7.02. The monoisotopic (exact) mass is 544 g/mol. The van der Waals surface area contributed by atoms with Crippen LogP contribution in [0.4, 0.5) is 5.69 Å². The van der Waals surface area contributed by atoms with Crippen LogP contribution < -0.4 is 14.8 Å². The minimum Gasteiger partial charge on any atom is -0.493 e. The van der Waals surface area contributed by atoms with Crippen LogP contribution in [0.2, 0.25) is 10.0 Å². The molecule has 0 heterocycles. The number of benzene rings is 3. The van der Waals surface area contributed by atoms with Gasteiger partial charge in [0.2, 0.25) is 0 Å². The fraction of sp³-hybridized carbons (Fsp3) is 0.120. The van der Waals surface area contributed by atoms with E-state index >= 15 is 0 Å². The molecule has 1 N–H and O–H groups in total. The van der Waals surface area contributed by atoms with Crippen LogP contribution in [0.5, 0.6) is 11.5 Å². The van der Waals surface area contributed by atoms with E-state index in [1.54, 1.807) is 42.5 Å². The third kappa shape index (κ3) is 6.52. The summed E-state index contributed by atoms with van der Waals surface area (Å²) in [5.74, 6) is 0.424. The first-order valence-electron chi connectivity index (χ1n) is 9.74. The zero-order valence-corrected chi connectivity index (χ0v) is 20.9. The quantitative estimate of drug-likeness (QED) is 0.252. The number of amides is 1. The van der Waals surface area contributed by atoms with Gasteiger partial charge in [-0.3, -0.25) is 4.79 Å². The van der Waals surface area contributed by atoms with Gasteiger partial charge in [0.25, 0.3) is 5.91 Å². The summed E-state index contributed by atoms with van der Waals surface area (Å²) in [6.45, 7) is 2.16. The van der Waals surface area contributed by atoms with Gasteiger partial charge in [-0.25, -0.2) is 0 Å². The van der Waals surface area contributed by atoms with Gasteiger partial charge in [-0.15, -0.1) is 0 Å². The Kier molecular flexibility index (Phi) is 8.40. The predicted molar refractivity (Wildman–Crippen MR) is 135 cm³/mol. The molecule has 0 aliphatic rings. The lowest BCUT2D eigenvalue weighted by atomic mass is 10.1. The second kappa shape index (κ2) is 11.2. The Morgan fingerprint density at radius 3 is 2.45 bits per heavy atom. The van der Waals surface area contributed by atoms with E-state index in [2.05, 4.69) is 21.2 Å². The summed E-state index contributed by atoms with van der Waals surface area (Å²) >= 11 is 15.4. The highest BCUT2D eigenvalue weighted by Crippen LogP contribution is 2.35. The first-order valence-corrected chi connectivity index (χ1v) is 11.3. The van der Waals surface area contributed by atoms with E-state index in [0.717, 1.165) is 11.1 Å². The first kappa shape index (κ1) is 24.7. The molecule has 0 radical (unpaired) electrons. The summed E-state index contributed by atoms with van der Waals surface area (Å²) in [6, 6.07) is 17.9. The molecule has 0 aromatic heterocycles. The maximum Gasteiger partial charge on any atom is 0.266 e. The molecule has 3 aromatic carbocycles. The molecule has 168 valence electrons. The van der Waals surface area contributed by atoms with Crippen LogP contribution >= 0.6 is 39.1 Å². The molecule has 0 atom stereocenters. The molecule has 0 spiro atoms. The Bertz CT molecular complexity index is 1250. The van der Waals surface area contributed by atoms with Crippen LogP contribution in [-0.2, 0) is 11.4 Å². The first-order chi connectivity index (χ1) is 15.8. The molecule has 0 unspecified atom stereocenters. The van der Waals surface area contributed by atoms with Gasteiger partial charge in [0, 0.05) is 20.2 Å². The topological polar surface area (TPSA) is 71.3 Å². The van der Waals surface area contributed by atoms with Gasteiger partial charge in [0.1, 0.15) is 18.2 Å². The van der Waals surface area contributed by atoms with E-state index in [9.17, 15) is 10.1 Å². The Balaban J connectivity index is 1.83. The number of carbonyl (C=O) groups is 1. The SMILES string of the molecule is COc1cc(/C=C(\C#N)C(=O)Nc2cc(Cl)ccc2C)c(Br)cc1OCc1ccc(Cl)cc1. The van der Waals surface area contributed by atoms with Crippen molar-refractivity contribution in [3.8, 4) is 17.6 Å². The number of hydrogen-bond acceptors (Lipinski definition) is 4. The number of aryl methyl sites for hydroxylation is 1. The third-order valence-corrected chi connectivity index (χ3v) is 5.88. The molecule has 0 aliphatic heterocycles. The van der Waals surface area contributed by atoms with Crippen molar-refractivity contribution < 1.29 is 14.3 Å². The van der Waals surface area contributed by atoms with Crippen molar-refractivity contribution in [3.63, 3.8) is 0 Å². The molecule has 0 saturated carbocycles. The highest BCUT2D eigenvalue weighted by molar-refractivity contribution is 9.10. The van der Waals surface area contributed by atoms with Gasteiger partial charge in [-0.2, -0.15) is 5.26 Å². The van der Waals surface area contributed by atoms with Gasteiger partial charge in [-0.1, -0.05) is 57.3 Å². The Labute approximate surface area is 210 Å². The van der Waals surface area contributed by atoms with E-state index in [1.807, 2.05) is 25.1 Å². The molecular weight excluding hydrogens is 527 g/mol. The minimum atomic E-state index is -0.545. The van der Waals surface area contributed by atoms with E-state index < -0.39 is 5.91 Å². The number of hydrogen-bond donors (Lipinski definition) is 1. The summed E-state index contributed by atoms with van der Waals surface area (Å²) in [7, 11) is 1.52. The molecule has 3 aromatic rings. The predicted octanol–water partition coefficient (Wildman–Crippen LogP) is 7.20. The lowest BCUT2D eigenvalue weighted by Gasteiger charge is -2.13. The number of rotatable bonds is 7. The van der Waals surface area contributed by atoms with Gasteiger partial charge in [0.05, 0.1) is 7.11 Å². The molecule has 0 fully saturated rings. The number of nitrogens with one attached hydrogen (secondary N) is 1. The molecular formula is C25H19BrCl2N2O3. The number of ether oxygens (including phenoxy) is 2. The van der Waals surface area contributed by atoms with Crippen LogP contribution in [0, 0.1) is 18.3 Å². The number of methoxy groups -OCH3 is 1. The van der Waals surface area contributed by atoms with E-state index in [1.165, 1.54) is 13.2 Å². The van der Waals surface area contributed by atoms with Gasteiger partial charge in [0.15, 0.2) is 11.5 Å². The molecule has 0 bridgehead atoms. The van der Waals surface area contributed by atoms with Crippen LogP contribution in [0.15, 0.2) is 64.6 Å². The molecule has 8 heteroatoms. The fourth-order valence-electron chi connectivity index (χ4n) is 2.90. The van der Waals surface area contributed by atoms with Crippen molar-refractivity contribution >= 4 is 56.8 Å². The molecule has 5 nitrogen and oxygen atoms in total. The lowest BCUT2D eigenvalue weighted by molar-refractivity contribution is -0.112. The normalized spacial score (nSPS) is 11.0. The smallest absolute Gasteiger partial charge is 0.266 e. The molecule has 33 heavy (non-hydrogen) atoms. The Hall–Kier alpha value is -2.98.